The third-order valence-electron chi connectivity index (χ3n) is 2.31. The number of carbonyl (C=O) groups is 2. The summed E-state index contributed by atoms with van der Waals surface area (Å²) < 4.78 is 5.13. The summed E-state index contributed by atoms with van der Waals surface area (Å²) in [5, 5.41) is 11.2. The maximum absolute atomic E-state index is 11.7. The number of thioether (sulfide) groups is 1. The Morgan fingerprint density at radius 3 is 2.63 bits per heavy atom. The second kappa shape index (κ2) is 8.42. The van der Waals surface area contributed by atoms with E-state index in [1.54, 1.807) is 19.2 Å². The van der Waals surface area contributed by atoms with Crippen molar-refractivity contribution >= 4 is 29.3 Å². The Labute approximate surface area is 116 Å². The first-order valence-corrected chi connectivity index (χ1v) is 7.01. The zero-order valence-electron chi connectivity index (χ0n) is 10.7. The van der Waals surface area contributed by atoms with Crippen molar-refractivity contribution in [2.24, 2.45) is 0 Å². The number of hydrogen-bond donors (Lipinski definition) is 2. The van der Waals surface area contributed by atoms with Gasteiger partial charge in [-0.05, 0) is 12.1 Å². The van der Waals surface area contributed by atoms with E-state index in [9.17, 15) is 9.59 Å². The highest BCUT2D eigenvalue weighted by Crippen LogP contribution is 2.23. The molecular weight excluding hydrogens is 266 g/mol. The van der Waals surface area contributed by atoms with Crippen molar-refractivity contribution in [3.63, 3.8) is 0 Å². The summed E-state index contributed by atoms with van der Waals surface area (Å²) in [5.74, 6) is 0.832. The van der Waals surface area contributed by atoms with Crippen molar-refractivity contribution in [1.82, 2.24) is 0 Å². The van der Waals surface area contributed by atoms with Crippen LogP contribution in [0.2, 0.25) is 0 Å². The number of rotatable bonds is 8. The molecule has 1 aromatic carbocycles. The second-order valence-corrected chi connectivity index (χ2v) is 4.98. The van der Waals surface area contributed by atoms with Crippen molar-refractivity contribution in [3.05, 3.63) is 24.3 Å². The minimum Gasteiger partial charge on any atom is -0.495 e. The molecular formula is C13H17NO4S. The molecule has 0 saturated carbocycles. The van der Waals surface area contributed by atoms with Gasteiger partial charge in [0.05, 0.1) is 19.2 Å². The third-order valence-corrected chi connectivity index (χ3v) is 3.30. The minimum absolute atomic E-state index is 0.104. The van der Waals surface area contributed by atoms with E-state index in [0.29, 0.717) is 29.4 Å². The van der Waals surface area contributed by atoms with E-state index in [1.807, 2.05) is 12.1 Å². The number of nitrogens with one attached hydrogen (secondary N) is 1. The van der Waals surface area contributed by atoms with E-state index < -0.39 is 5.97 Å². The maximum Gasteiger partial charge on any atom is 0.304 e. The monoisotopic (exact) mass is 283 g/mol. The van der Waals surface area contributed by atoms with E-state index in [-0.39, 0.29) is 12.3 Å². The molecule has 0 bridgehead atoms. The predicted molar refractivity (Wildman–Crippen MR) is 75.8 cm³/mol. The molecule has 2 N–H and O–H groups in total. The van der Waals surface area contributed by atoms with Crippen LogP contribution in [0.1, 0.15) is 12.8 Å². The summed E-state index contributed by atoms with van der Waals surface area (Å²) in [7, 11) is 1.55. The molecule has 0 atom stereocenters. The number of benzene rings is 1. The van der Waals surface area contributed by atoms with Crippen LogP contribution in [0.5, 0.6) is 5.75 Å². The summed E-state index contributed by atoms with van der Waals surface area (Å²) in [6.45, 7) is 0. The first kappa shape index (κ1) is 15.4. The van der Waals surface area contributed by atoms with Gasteiger partial charge in [-0.1, -0.05) is 12.1 Å². The summed E-state index contributed by atoms with van der Waals surface area (Å²) in [6, 6.07) is 7.20. The van der Waals surface area contributed by atoms with Gasteiger partial charge in [-0.15, -0.1) is 0 Å². The van der Waals surface area contributed by atoms with Crippen LogP contribution in [0, 0.1) is 0 Å². The molecule has 0 aliphatic heterocycles. The average Bonchev–Trinajstić information content (AvgIpc) is 2.38. The quantitative estimate of drug-likeness (QED) is 0.716. The van der Waals surface area contributed by atoms with Crippen molar-refractivity contribution in [1.29, 1.82) is 0 Å². The molecule has 0 radical (unpaired) electrons. The molecule has 6 heteroatoms. The molecule has 0 spiro atoms. The SMILES string of the molecule is COc1ccccc1NC(=O)CCSCCC(=O)O. The highest BCUT2D eigenvalue weighted by Gasteiger charge is 2.06. The lowest BCUT2D eigenvalue weighted by Crippen LogP contribution is -2.13. The van der Waals surface area contributed by atoms with E-state index in [1.165, 1.54) is 11.8 Å². The first-order valence-electron chi connectivity index (χ1n) is 5.86. The highest BCUT2D eigenvalue weighted by molar-refractivity contribution is 7.99. The van der Waals surface area contributed by atoms with Crippen LogP contribution in [-0.2, 0) is 9.59 Å². The van der Waals surface area contributed by atoms with Crippen molar-refractivity contribution in [2.45, 2.75) is 12.8 Å². The molecule has 5 nitrogen and oxygen atoms in total. The number of carboxylic acid groups (broad SMARTS) is 1. The fourth-order valence-corrected chi connectivity index (χ4v) is 2.24. The lowest BCUT2D eigenvalue weighted by atomic mass is 10.3. The summed E-state index contributed by atoms with van der Waals surface area (Å²) in [4.78, 5) is 22.0. The van der Waals surface area contributed by atoms with Gasteiger partial charge in [0.15, 0.2) is 0 Å². The molecule has 0 aliphatic rings. The molecule has 0 aliphatic carbocycles. The molecule has 1 aromatic rings. The number of hydrogen-bond acceptors (Lipinski definition) is 4. The van der Waals surface area contributed by atoms with E-state index >= 15 is 0 Å². The molecule has 0 aromatic heterocycles. The standard InChI is InChI=1S/C13H17NO4S/c1-18-11-5-3-2-4-10(11)14-12(15)6-8-19-9-7-13(16)17/h2-5H,6-9H2,1H3,(H,14,15)(H,16,17). The second-order valence-electron chi connectivity index (χ2n) is 3.75. The van der Waals surface area contributed by atoms with Gasteiger partial charge in [-0.2, -0.15) is 11.8 Å². The molecule has 104 valence electrons. The number of carbonyl (C=O) groups excluding carboxylic acids is 1. The van der Waals surface area contributed by atoms with E-state index in [2.05, 4.69) is 5.32 Å². The lowest BCUT2D eigenvalue weighted by molar-refractivity contribution is -0.136. The fraction of sp³-hybridized carbons (Fsp3) is 0.385. The predicted octanol–water partition coefficient (Wildman–Crippen LogP) is 2.23. The Morgan fingerprint density at radius 2 is 1.95 bits per heavy atom. The fourth-order valence-electron chi connectivity index (χ4n) is 1.39. The van der Waals surface area contributed by atoms with Crippen LogP contribution in [-0.4, -0.2) is 35.6 Å². The Balaban J connectivity index is 2.29. The van der Waals surface area contributed by atoms with Crippen molar-refractivity contribution in [3.8, 4) is 5.75 Å². The van der Waals surface area contributed by atoms with Crippen LogP contribution >= 0.6 is 11.8 Å². The van der Waals surface area contributed by atoms with Crippen molar-refractivity contribution in [2.75, 3.05) is 23.9 Å². The molecule has 1 amide bonds. The first-order chi connectivity index (χ1) is 9.13. The van der Waals surface area contributed by atoms with Gasteiger partial charge in [-0.25, -0.2) is 0 Å². The Morgan fingerprint density at radius 1 is 1.26 bits per heavy atom. The van der Waals surface area contributed by atoms with Crippen LogP contribution < -0.4 is 10.1 Å². The van der Waals surface area contributed by atoms with Gasteiger partial charge in [0, 0.05) is 17.9 Å². The van der Waals surface area contributed by atoms with Gasteiger partial charge in [-0.3, -0.25) is 9.59 Å². The van der Waals surface area contributed by atoms with Crippen molar-refractivity contribution < 1.29 is 19.4 Å². The maximum atomic E-state index is 11.7. The smallest absolute Gasteiger partial charge is 0.304 e. The van der Waals surface area contributed by atoms with Gasteiger partial charge >= 0.3 is 5.97 Å². The average molecular weight is 283 g/mol. The Bertz CT molecular complexity index is 436. The number of amides is 1. The number of methoxy groups -OCH3 is 1. The largest absolute Gasteiger partial charge is 0.495 e. The molecule has 1 rings (SSSR count). The number of aliphatic carboxylic acids is 1. The lowest BCUT2D eigenvalue weighted by Gasteiger charge is -2.09. The summed E-state index contributed by atoms with van der Waals surface area (Å²) >= 11 is 1.46. The number of anilines is 1. The molecule has 19 heavy (non-hydrogen) atoms. The molecule has 0 fully saturated rings. The van der Waals surface area contributed by atoms with Gasteiger partial charge in [0.2, 0.25) is 5.91 Å². The van der Waals surface area contributed by atoms with Crippen LogP contribution in [0.4, 0.5) is 5.69 Å². The minimum atomic E-state index is -0.814. The molecule has 0 saturated heterocycles. The van der Waals surface area contributed by atoms with E-state index in [4.69, 9.17) is 9.84 Å². The number of carboxylic acids is 1. The molecule has 0 heterocycles. The summed E-state index contributed by atoms with van der Waals surface area (Å²) in [6.07, 6.45) is 0.473. The van der Waals surface area contributed by atoms with Gasteiger partial charge in [0.1, 0.15) is 5.75 Å². The Hall–Kier alpha value is -1.69. The topological polar surface area (TPSA) is 75.6 Å². The zero-order chi connectivity index (χ0) is 14.1. The molecule has 0 unspecified atom stereocenters. The third kappa shape index (κ3) is 6.15. The van der Waals surface area contributed by atoms with Crippen LogP contribution in [0.15, 0.2) is 24.3 Å². The highest BCUT2D eigenvalue weighted by atomic mass is 32.2. The number of ether oxygens (including phenoxy) is 1. The van der Waals surface area contributed by atoms with Crippen LogP contribution in [0.3, 0.4) is 0 Å². The Kier molecular flexibility index (Phi) is 6.81. The summed E-state index contributed by atoms with van der Waals surface area (Å²) in [5.41, 5.74) is 0.644. The van der Waals surface area contributed by atoms with Gasteiger partial charge in [0.25, 0.3) is 0 Å². The van der Waals surface area contributed by atoms with Crippen LogP contribution in [0.25, 0.3) is 0 Å². The van der Waals surface area contributed by atoms with Gasteiger partial charge < -0.3 is 15.2 Å². The number of para-hydroxylation sites is 2. The zero-order valence-corrected chi connectivity index (χ0v) is 11.5. The normalized spacial score (nSPS) is 9.95. The van der Waals surface area contributed by atoms with E-state index in [0.717, 1.165) is 0 Å².